The van der Waals surface area contributed by atoms with E-state index >= 15 is 0 Å². The molecular formula is C19H22N6O. The van der Waals surface area contributed by atoms with E-state index in [1.165, 1.54) is 5.56 Å². The van der Waals surface area contributed by atoms with Crippen LogP contribution >= 0.6 is 0 Å². The summed E-state index contributed by atoms with van der Waals surface area (Å²) in [5.74, 6) is 0.804. The molecule has 7 nitrogen and oxygen atoms in total. The average Bonchev–Trinajstić information content (AvgIpc) is 3.08. The molecule has 4 heterocycles. The molecule has 134 valence electrons. The Morgan fingerprint density at radius 3 is 2.88 bits per heavy atom. The van der Waals surface area contributed by atoms with Crippen LogP contribution in [0.15, 0.2) is 55.1 Å². The van der Waals surface area contributed by atoms with Gasteiger partial charge in [0.15, 0.2) is 0 Å². The van der Waals surface area contributed by atoms with Crippen LogP contribution in [0.25, 0.3) is 0 Å². The van der Waals surface area contributed by atoms with E-state index in [-0.39, 0.29) is 6.10 Å². The molecule has 1 aliphatic rings. The maximum absolute atomic E-state index is 5.94. The number of aryl methyl sites for hydroxylation is 1. The van der Waals surface area contributed by atoms with Gasteiger partial charge in [0.2, 0.25) is 0 Å². The summed E-state index contributed by atoms with van der Waals surface area (Å²) in [7, 11) is 1.94. The maximum atomic E-state index is 5.94. The standard InChI is InChI=1S/C19H22N6O/c1-24-12-15(10-22-24)13-25-8-9-26-18(14-25)17-6-5-16(11-21-17)23-19-4-2-3-7-20-19/h2-7,10-12,18H,8-9,13-14H2,1H3,(H,20,23)/t18-/m1/s1. The first-order valence-corrected chi connectivity index (χ1v) is 8.72. The highest BCUT2D eigenvalue weighted by Crippen LogP contribution is 2.23. The second-order valence-electron chi connectivity index (χ2n) is 6.43. The van der Waals surface area contributed by atoms with Gasteiger partial charge < -0.3 is 10.1 Å². The number of ether oxygens (including phenoxy) is 1. The maximum Gasteiger partial charge on any atom is 0.130 e. The van der Waals surface area contributed by atoms with Gasteiger partial charge in [-0.2, -0.15) is 5.10 Å². The molecule has 0 radical (unpaired) electrons. The lowest BCUT2D eigenvalue weighted by atomic mass is 10.1. The minimum atomic E-state index is -0.00989. The summed E-state index contributed by atoms with van der Waals surface area (Å²) in [6.07, 6.45) is 7.55. The van der Waals surface area contributed by atoms with Gasteiger partial charge in [-0.1, -0.05) is 6.07 Å². The van der Waals surface area contributed by atoms with Gasteiger partial charge in [-0.15, -0.1) is 0 Å². The summed E-state index contributed by atoms with van der Waals surface area (Å²) >= 11 is 0. The van der Waals surface area contributed by atoms with Crippen molar-refractivity contribution in [1.82, 2.24) is 24.6 Å². The van der Waals surface area contributed by atoms with E-state index in [0.717, 1.165) is 36.8 Å². The van der Waals surface area contributed by atoms with Gasteiger partial charge in [-0.25, -0.2) is 4.98 Å². The van der Waals surface area contributed by atoms with Crippen molar-refractivity contribution in [2.75, 3.05) is 25.0 Å². The van der Waals surface area contributed by atoms with Crippen LogP contribution in [-0.4, -0.2) is 44.3 Å². The summed E-state index contributed by atoms with van der Waals surface area (Å²) in [5, 5.41) is 7.48. The van der Waals surface area contributed by atoms with Gasteiger partial charge in [0.25, 0.3) is 0 Å². The summed E-state index contributed by atoms with van der Waals surface area (Å²) < 4.78 is 7.77. The Balaban J connectivity index is 1.38. The second-order valence-corrected chi connectivity index (χ2v) is 6.43. The molecule has 1 atom stereocenters. The number of hydrogen-bond acceptors (Lipinski definition) is 6. The first-order chi connectivity index (χ1) is 12.8. The van der Waals surface area contributed by atoms with E-state index in [9.17, 15) is 0 Å². The molecule has 1 fully saturated rings. The Morgan fingerprint density at radius 1 is 1.19 bits per heavy atom. The Kier molecular flexibility index (Phi) is 4.90. The van der Waals surface area contributed by atoms with Gasteiger partial charge >= 0.3 is 0 Å². The fourth-order valence-corrected chi connectivity index (χ4v) is 3.09. The summed E-state index contributed by atoms with van der Waals surface area (Å²) in [4.78, 5) is 11.2. The minimum absolute atomic E-state index is 0.00989. The smallest absolute Gasteiger partial charge is 0.130 e. The Labute approximate surface area is 152 Å². The van der Waals surface area contributed by atoms with Crippen LogP contribution in [-0.2, 0) is 18.3 Å². The summed E-state index contributed by atoms with van der Waals surface area (Å²) in [5.41, 5.74) is 3.08. The first-order valence-electron chi connectivity index (χ1n) is 8.72. The number of rotatable bonds is 5. The molecule has 26 heavy (non-hydrogen) atoms. The highest BCUT2D eigenvalue weighted by Gasteiger charge is 2.23. The molecule has 0 unspecified atom stereocenters. The van der Waals surface area contributed by atoms with E-state index in [2.05, 4.69) is 31.5 Å². The van der Waals surface area contributed by atoms with Crippen LogP contribution in [0.4, 0.5) is 11.5 Å². The molecule has 0 amide bonds. The molecule has 0 saturated carbocycles. The van der Waals surface area contributed by atoms with Gasteiger partial charge in [-0.05, 0) is 24.3 Å². The average molecular weight is 350 g/mol. The Morgan fingerprint density at radius 2 is 2.15 bits per heavy atom. The molecule has 0 spiro atoms. The zero-order chi connectivity index (χ0) is 17.8. The van der Waals surface area contributed by atoms with Crippen molar-refractivity contribution >= 4 is 11.5 Å². The van der Waals surface area contributed by atoms with Gasteiger partial charge in [0.05, 0.1) is 30.4 Å². The summed E-state index contributed by atoms with van der Waals surface area (Å²) in [6, 6.07) is 9.80. The lowest BCUT2D eigenvalue weighted by molar-refractivity contribution is -0.0349. The Hall–Kier alpha value is -2.77. The predicted octanol–water partition coefficient (Wildman–Crippen LogP) is 2.53. The molecular weight excluding hydrogens is 328 g/mol. The third-order valence-electron chi connectivity index (χ3n) is 4.37. The van der Waals surface area contributed by atoms with Crippen molar-refractivity contribution in [3.63, 3.8) is 0 Å². The summed E-state index contributed by atoms with van der Waals surface area (Å²) in [6.45, 7) is 3.34. The highest BCUT2D eigenvalue weighted by molar-refractivity contribution is 5.54. The predicted molar refractivity (Wildman–Crippen MR) is 98.9 cm³/mol. The quantitative estimate of drug-likeness (QED) is 0.763. The van der Waals surface area contributed by atoms with Crippen LogP contribution in [0.5, 0.6) is 0 Å². The number of nitrogens with zero attached hydrogens (tertiary/aromatic N) is 5. The number of hydrogen-bond donors (Lipinski definition) is 1. The van der Waals surface area contributed by atoms with Gasteiger partial charge in [0.1, 0.15) is 11.9 Å². The Bertz CT molecular complexity index is 833. The van der Waals surface area contributed by atoms with E-state index < -0.39 is 0 Å². The van der Waals surface area contributed by atoms with Crippen molar-refractivity contribution in [2.45, 2.75) is 12.6 Å². The van der Waals surface area contributed by atoms with Crippen LogP contribution in [0.3, 0.4) is 0 Å². The molecule has 0 bridgehead atoms. The van der Waals surface area contributed by atoms with E-state index in [1.54, 1.807) is 6.20 Å². The number of anilines is 2. The third kappa shape index (κ3) is 4.07. The normalized spacial score (nSPS) is 18.0. The zero-order valence-electron chi connectivity index (χ0n) is 14.7. The molecule has 3 aromatic rings. The van der Waals surface area contributed by atoms with Crippen molar-refractivity contribution in [3.8, 4) is 0 Å². The number of nitrogens with one attached hydrogen (secondary N) is 1. The highest BCUT2D eigenvalue weighted by atomic mass is 16.5. The van der Waals surface area contributed by atoms with Gasteiger partial charge in [-0.3, -0.25) is 14.6 Å². The second kappa shape index (κ2) is 7.63. The largest absolute Gasteiger partial charge is 0.369 e. The van der Waals surface area contributed by atoms with Crippen LogP contribution in [0, 0.1) is 0 Å². The zero-order valence-corrected chi connectivity index (χ0v) is 14.7. The number of pyridine rings is 2. The number of morpholine rings is 1. The monoisotopic (exact) mass is 350 g/mol. The van der Waals surface area contributed by atoms with E-state index in [1.807, 2.05) is 54.5 Å². The van der Waals surface area contributed by atoms with Crippen molar-refractivity contribution in [2.24, 2.45) is 7.05 Å². The molecule has 1 saturated heterocycles. The van der Waals surface area contributed by atoms with E-state index in [4.69, 9.17) is 4.74 Å². The molecule has 0 aromatic carbocycles. The van der Waals surface area contributed by atoms with Crippen molar-refractivity contribution in [1.29, 1.82) is 0 Å². The van der Waals surface area contributed by atoms with E-state index in [0.29, 0.717) is 6.61 Å². The lowest BCUT2D eigenvalue weighted by Gasteiger charge is -2.32. The molecule has 1 N–H and O–H groups in total. The van der Waals surface area contributed by atoms with Crippen LogP contribution in [0.2, 0.25) is 0 Å². The fourth-order valence-electron chi connectivity index (χ4n) is 3.09. The van der Waals surface area contributed by atoms with Gasteiger partial charge in [0, 0.05) is 44.6 Å². The van der Waals surface area contributed by atoms with Crippen molar-refractivity contribution < 1.29 is 4.74 Å². The molecule has 0 aliphatic carbocycles. The van der Waals surface area contributed by atoms with Crippen LogP contribution in [0.1, 0.15) is 17.4 Å². The first kappa shape index (κ1) is 16.7. The molecule has 4 rings (SSSR count). The lowest BCUT2D eigenvalue weighted by Crippen LogP contribution is -2.38. The number of aromatic nitrogens is 4. The third-order valence-corrected chi connectivity index (χ3v) is 4.37. The molecule has 3 aromatic heterocycles. The topological polar surface area (TPSA) is 68.1 Å². The minimum Gasteiger partial charge on any atom is -0.369 e. The van der Waals surface area contributed by atoms with Crippen LogP contribution < -0.4 is 5.32 Å². The molecule has 1 aliphatic heterocycles. The SMILES string of the molecule is Cn1cc(CN2CCO[C@@H](c3ccc(Nc4ccccn4)cn3)C2)cn1. The van der Waals surface area contributed by atoms with Crippen molar-refractivity contribution in [3.05, 3.63) is 66.4 Å². The molecule has 7 heteroatoms. The fraction of sp³-hybridized carbons (Fsp3) is 0.316.